The summed E-state index contributed by atoms with van der Waals surface area (Å²) in [6.07, 6.45) is 4.72. The molecule has 1 saturated heterocycles. The van der Waals surface area contributed by atoms with Gasteiger partial charge in [-0.3, -0.25) is 14.4 Å². The van der Waals surface area contributed by atoms with Gasteiger partial charge in [0.1, 0.15) is 12.1 Å². The maximum Gasteiger partial charge on any atom is 0.243 e. The van der Waals surface area contributed by atoms with Gasteiger partial charge in [0.05, 0.1) is 12.0 Å². The average molecular weight is 466 g/mol. The number of rotatable bonds is 11. The van der Waals surface area contributed by atoms with Gasteiger partial charge in [0.15, 0.2) is 0 Å². The Bertz CT molecular complexity index is 1050. The van der Waals surface area contributed by atoms with Gasteiger partial charge in [0.25, 0.3) is 0 Å². The number of para-hydroxylation sites is 1. The van der Waals surface area contributed by atoms with E-state index in [1.54, 1.807) is 0 Å². The maximum absolute atomic E-state index is 13.4. The minimum absolute atomic E-state index is 0.0809. The Morgan fingerprint density at radius 2 is 1.97 bits per heavy atom. The topological polar surface area (TPSA) is 127 Å². The third-order valence-corrected chi connectivity index (χ3v) is 6.39. The summed E-state index contributed by atoms with van der Waals surface area (Å²) in [6.45, 7) is 6.60. The van der Waals surface area contributed by atoms with Crippen LogP contribution in [0.1, 0.15) is 64.4 Å². The summed E-state index contributed by atoms with van der Waals surface area (Å²) in [5.74, 6) is -1.17. The van der Waals surface area contributed by atoms with E-state index in [1.165, 1.54) is 0 Å². The fourth-order valence-electron chi connectivity index (χ4n) is 4.64. The molecule has 1 fully saturated rings. The molecule has 8 nitrogen and oxygen atoms in total. The molecule has 1 aromatic carbocycles. The molecule has 1 aliphatic heterocycles. The van der Waals surface area contributed by atoms with Gasteiger partial charge in [-0.2, -0.15) is 5.26 Å². The Kier molecular flexibility index (Phi) is 8.69. The van der Waals surface area contributed by atoms with E-state index in [-0.39, 0.29) is 36.0 Å². The molecule has 4 N–H and O–H groups in total. The minimum Gasteiger partial charge on any atom is -0.361 e. The zero-order valence-electron chi connectivity index (χ0n) is 20.2. The summed E-state index contributed by atoms with van der Waals surface area (Å²) >= 11 is 0. The summed E-state index contributed by atoms with van der Waals surface area (Å²) < 4.78 is 0. The lowest BCUT2D eigenvalue weighted by Gasteiger charge is -2.25. The van der Waals surface area contributed by atoms with Crippen LogP contribution in [0.15, 0.2) is 30.5 Å². The molecule has 3 rings (SSSR count). The highest BCUT2D eigenvalue weighted by molar-refractivity contribution is 5.94. The molecule has 1 unspecified atom stereocenters. The van der Waals surface area contributed by atoms with Crippen molar-refractivity contribution in [2.24, 2.45) is 11.8 Å². The van der Waals surface area contributed by atoms with Crippen molar-refractivity contribution in [2.45, 2.75) is 70.9 Å². The zero-order valence-corrected chi connectivity index (χ0v) is 20.2. The Hall–Kier alpha value is -3.34. The Morgan fingerprint density at radius 3 is 2.62 bits per heavy atom. The number of carbonyl (C=O) groups is 3. The van der Waals surface area contributed by atoms with E-state index >= 15 is 0 Å². The summed E-state index contributed by atoms with van der Waals surface area (Å²) in [7, 11) is 0. The first-order valence-electron chi connectivity index (χ1n) is 12.2. The van der Waals surface area contributed by atoms with Crippen LogP contribution in [-0.4, -0.2) is 41.3 Å². The number of amides is 3. The zero-order chi connectivity index (χ0) is 24.7. The van der Waals surface area contributed by atoms with E-state index in [9.17, 15) is 19.6 Å². The normalized spacial score (nSPS) is 18.2. The Labute approximate surface area is 200 Å². The molecule has 0 bridgehead atoms. The van der Waals surface area contributed by atoms with Crippen molar-refractivity contribution in [1.29, 1.82) is 5.26 Å². The first-order chi connectivity index (χ1) is 16.3. The van der Waals surface area contributed by atoms with Crippen LogP contribution in [0, 0.1) is 23.2 Å². The molecule has 3 amide bonds. The van der Waals surface area contributed by atoms with Crippen molar-refractivity contribution < 1.29 is 14.4 Å². The van der Waals surface area contributed by atoms with E-state index in [2.05, 4.69) is 27.0 Å². The second-order valence-electron chi connectivity index (χ2n) is 9.52. The van der Waals surface area contributed by atoms with Crippen LogP contribution in [0.3, 0.4) is 0 Å². The number of aromatic nitrogens is 1. The molecule has 1 aliphatic rings. The molecule has 2 aromatic rings. The van der Waals surface area contributed by atoms with Crippen molar-refractivity contribution in [2.75, 3.05) is 6.54 Å². The van der Waals surface area contributed by atoms with Gasteiger partial charge >= 0.3 is 0 Å². The van der Waals surface area contributed by atoms with Crippen molar-refractivity contribution in [1.82, 2.24) is 20.9 Å². The molecular formula is C26H35N5O3. The molecule has 182 valence electrons. The van der Waals surface area contributed by atoms with Crippen molar-refractivity contribution in [3.8, 4) is 6.07 Å². The molecule has 34 heavy (non-hydrogen) atoms. The molecule has 1 aromatic heterocycles. The lowest BCUT2D eigenvalue weighted by molar-refractivity contribution is -0.130. The number of benzene rings is 1. The summed E-state index contributed by atoms with van der Waals surface area (Å²) in [4.78, 5) is 41.7. The molecule has 0 saturated carbocycles. The second-order valence-corrected chi connectivity index (χ2v) is 9.52. The van der Waals surface area contributed by atoms with Gasteiger partial charge in [-0.15, -0.1) is 0 Å². The Morgan fingerprint density at radius 1 is 1.21 bits per heavy atom. The monoisotopic (exact) mass is 465 g/mol. The third kappa shape index (κ3) is 6.16. The number of hydrogen-bond acceptors (Lipinski definition) is 4. The van der Waals surface area contributed by atoms with Gasteiger partial charge in [-0.05, 0) is 43.2 Å². The number of H-pyrrole nitrogens is 1. The summed E-state index contributed by atoms with van der Waals surface area (Å²) in [5.41, 5.74) is 1.89. The highest BCUT2D eigenvalue weighted by atomic mass is 16.2. The smallest absolute Gasteiger partial charge is 0.243 e. The molecule has 0 spiro atoms. The quantitative estimate of drug-likeness (QED) is 0.407. The van der Waals surface area contributed by atoms with Gasteiger partial charge in [-0.1, -0.05) is 45.4 Å². The SMILES string of the molecule is CCCC(C(=O)N[C@@H](CC(C)C)C(=O)N[C@H](C#N)C[C@@H]1CCNC1=O)c1c[nH]c2ccccc12. The van der Waals surface area contributed by atoms with E-state index in [4.69, 9.17) is 0 Å². The highest BCUT2D eigenvalue weighted by Crippen LogP contribution is 2.29. The van der Waals surface area contributed by atoms with E-state index in [0.29, 0.717) is 25.8 Å². The number of carbonyl (C=O) groups excluding carboxylic acids is 3. The van der Waals surface area contributed by atoms with Crippen molar-refractivity contribution in [3.63, 3.8) is 0 Å². The first-order valence-corrected chi connectivity index (χ1v) is 12.2. The number of aromatic amines is 1. The van der Waals surface area contributed by atoms with Crippen LogP contribution < -0.4 is 16.0 Å². The maximum atomic E-state index is 13.4. The van der Waals surface area contributed by atoms with Gasteiger partial charge in [0.2, 0.25) is 17.7 Å². The lowest BCUT2D eigenvalue weighted by Crippen LogP contribution is -2.51. The van der Waals surface area contributed by atoms with Gasteiger partial charge in [-0.25, -0.2) is 0 Å². The summed E-state index contributed by atoms with van der Waals surface area (Å²) in [5, 5.41) is 19.0. The predicted molar refractivity (Wildman–Crippen MR) is 131 cm³/mol. The third-order valence-electron chi connectivity index (χ3n) is 6.39. The van der Waals surface area contributed by atoms with E-state index < -0.39 is 18.0 Å². The van der Waals surface area contributed by atoms with E-state index in [1.807, 2.05) is 51.2 Å². The van der Waals surface area contributed by atoms with Gasteiger partial charge < -0.3 is 20.9 Å². The number of hydrogen-bond donors (Lipinski definition) is 4. The molecule has 0 aliphatic carbocycles. The van der Waals surface area contributed by atoms with Crippen LogP contribution in [0.5, 0.6) is 0 Å². The van der Waals surface area contributed by atoms with Crippen LogP contribution in [-0.2, 0) is 14.4 Å². The molecule has 4 atom stereocenters. The standard InChI is InChI=1S/C26H35N5O3/c1-4-7-20(21-15-29-22-9-6-5-8-19(21)22)25(33)31-23(12-16(2)3)26(34)30-18(14-27)13-17-10-11-28-24(17)32/h5-6,8-9,15-18,20,23,29H,4,7,10-13H2,1-3H3,(H,28,32)(H,30,34)(H,31,33)/t17-,18-,20?,23-/m0/s1. The minimum atomic E-state index is -0.784. The van der Waals surface area contributed by atoms with Crippen LogP contribution >= 0.6 is 0 Å². The fourth-order valence-corrected chi connectivity index (χ4v) is 4.64. The van der Waals surface area contributed by atoms with Gasteiger partial charge in [0, 0.05) is 29.6 Å². The largest absolute Gasteiger partial charge is 0.361 e. The van der Waals surface area contributed by atoms with Crippen LogP contribution in [0.25, 0.3) is 10.9 Å². The fraction of sp³-hybridized carbons (Fsp3) is 0.538. The highest BCUT2D eigenvalue weighted by Gasteiger charge is 2.31. The second kappa shape index (κ2) is 11.7. The van der Waals surface area contributed by atoms with E-state index in [0.717, 1.165) is 22.9 Å². The average Bonchev–Trinajstić information content (AvgIpc) is 3.42. The molecule has 8 heteroatoms. The number of nitrogens with one attached hydrogen (secondary N) is 4. The van der Waals surface area contributed by atoms with Crippen molar-refractivity contribution in [3.05, 3.63) is 36.0 Å². The predicted octanol–water partition coefficient (Wildman–Crippen LogP) is 3.12. The molecule has 0 radical (unpaired) electrons. The molecule has 2 heterocycles. The number of nitriles is 1. The molecular weight excluding hydrogens is 430 g/mol. The van der Waals surface area contributed by atoms with Crippen LogP contribution in [0.4, 0.5) is 0 Å². The summed E-state index contributed by atoms with van der Waals surface area (Å²) in [6, 6.07) is 8.41. The van der Waals surface area contributed by atoms with Crippen LogP contribution in [0.2, 0.25) is 0 Å². The number of fused-ring (bicyclic) bond motifs is 1. The number of nitrogens with zero attached hydrogens (tertiary/aromatic N) is 1. The van der Waals surface area contributed by atoms with Crippen molar-refractivity contribution >= 4 is 28.6 Å². The lowest BCUT2D eigenvalue weighted by atomic mass is 9.92. The Balaban J connectivity index is 1.74. The first kappa shape index (κ1) is 25.3.